The molecule has 0 bridgehead atoms. The van der Waals surface area contributed by atoms with Gasteiger partial charge in [0.25, 0.3) is 0 Å². The van der Waals surface area contributed by atoms with Crippen molar-refractivity contribution in [3.63, 3.8) is 0 Å². The molecule has 5 heteroatoms. The van der Waals surface area contributed by atoms with Crippen molar-refractivity contribution in [3.8, 4) is 6.07 Å². The minimum Gasteiger partial charge on any atom is -0.452 e. The molecule has 0 aliphatic rings. The highest BCUT2D eigenvalue weighted by Gasteiger charge is 2.25. The average Bonchev–Trinajstić information content (AvgIpc) is 2.78. The average molecular weight is 264 g/mol. The Morgan fingerprint density at radius 3 is 2.50 bits per heavy atom. The number of halogens is 2. The van der Waals surface area contributed by atoms with Gasteiger partial charge in [0, 0.05) is 0 Å². The fraction of sp³-hybridized carbons (Fsp3) is 0.0769. The number of nitriles is 1. The number of carbonyl (C=O) groups excluding carboxylic acids is 1. The number of benzene rings is 1. The van der Waals surface area contributed by atoms with Crippen molar-refractivity contribution >= 4 is 17.4 Å². The van der Waals surface area contributed by atoms with Gasteiger partial charge in [-0.2, -0.15) is 5.26 Å². The fourth-order valence-electron chi connectivity index (χ4n) is 1.57. The van der Waals surface area contributed by atoms with Crippen molar-refractivity contribution in [2.45, 2.75) is 5.92 Å². The first kappa shape index (κ1) is 12.3. The van der Waals surface area contributed by atoms with Crippen molar-refractivity contribution in [1.29, 1.82) is 5.26 Å². The van der Waals surface area contributed by atoms with E-state index in [-0.39, 0.29) is 10.8 Å². The van der Waals surface area contributed by atoms with E-state index >= 15 is 0 Å². The van der Waals surface area contributed by atoms with E-state index in [9.17, 15) is 9.18 Å². The molecule has 1 atom stereocenters. The van der Waals surface area contributed by atoms with Crippen LogP contribution in [0.4, 0.5) is 4.39 Å². The van der Waals surface area contributed by atoms with Crippen LogP contribution in [0.15, 0.2) is 41.0 Å². The van der Waals surface area contributed by atoms with E-state index in [2.05, 4.69) is 0 Å². The van der Waals surface area contributed by atoms with E-state index in [4.69, 9.17) is 21.3 Å². The van der Waals surface area contributed by atoms with Crippen molar-refractivity contribution in [2.75, 3.05) is 0 Å². The Bertz CT molecular complexity index is 613. The standard InChI is InChI=1S/C13H7ClFNO2/c14-13-10(5-6-18-13)12(17)11(7-16)8-1-3-9(15)4-2-8/h1-6,11H. The van der Waals surface area contributed by atoms with Crippen molar-refractivity contribution in [3.05, 3.63) is 58.8 Å². The second-order valence-corrected chi connectivity index (χ2v) is 3.93. The number of carbonyl (C=O) groups is 1. The van der Waals surface area contributed by atoms with Gasteiger partial charge in [-0.05, 0) is 35.4 Å². The van der Waals surface area contributed by atoms with E-state index in [1.165, 1.54) is 36.6 Å². The van der Waals surface area contributed by atoms with Crippen LogP contribution in [0.25, 0.3) is 0 Å². The van der Waals surface area contributed by atoms with Crippen LogP contribution >= 0.6 is 11.6 Å². The summed E-state index contributed by atoms with van der Waals surface area (Å²) in [5.41, 5.74) is 0.564. The third-order valence-corrected chi connectivity index (χ3v) is 2.77. The maximum atomic E-state index is 12.8. The molecule has 1 unspecified atom stereocenters. The quantitative estimate of drug-likeness (QED) is 0.796. The lowest BCUT2D eigenvalue weighted by Gasteiger charge is -2.07. The molecule has 0 aliphatic carbocycles. The van der Waals surface area contributed by atoms with Crippen LogP contribution in [0.1, 0.15) is 21.8 Å². The smallest absolute Gasteiger partial charge is 0.203 e. The van der Waals surface area contributed by atoms with E-state index in [0.29, 0.717) is 5.56 Å². The van der Waals surface area contributed by atoms with Gasteiger partial charge in [0.05, 0.1) is 17.9 Å². The molecular weight excluding hydrogens is 257 g/mol. The Hall–Kier alpha value is -2.12. The summed E-state index contributed by atoms with van der Waals surface area (Å²) in [6.07, 6.45) is 1.27. The largest absolute Gasteiger partial charge is 0.452 e. The second-order valence-electron chi connectivity index (χ2n) is 3.59. The SMILES string of the molecule is N#CC(C(=O)c1ccoc1Cl)c1ccc(F)cc1. The summed E-state index contributed by atoms with van der Waals surface area (Å²) in [6.45, 7) is 0. The molecular formula is C13H7ClFNO2. The van der Waals surface area contributed by atoms with Gasteiger partial charge in [-0.3, -0.25) is 4.79 Å². The highest BCUT2D eigenvalue weighted by molar-refractivity contribution is 6.32. The number of rotatable bonds is 3. The molecule has 0 fully saturated rings. The molecule has 1 heterocycles. The third kappa shape index (κ3) is 2.27. The summed E-state index contributed by atoms with van der Waals surface area (Å²) in [7, 11) is 0. The molecule has 0 saturated heterocycles. The predicted molar refractivity (Wildman–Crippen MR) is 62.8 cm³/mol. The van der Waals surface area contributed by atoms with Crippen LogP contribution in [0.2, 0.25) is 5.22 Å². The third-order valence-electron chi connectivity index (χ3n) is 2.48. The van der Waals surface area contributed by atoms with Crippen molar-refractivity contribution in [1.82, 2.24) is 0 Å². The van der Waals surface area contributed by atoms with E-state index in [1.54, 1.807) is 0 Å². The molecule has 0 radical (unpaired) electrons. The summed E-state index contributed by atoms with van der Waals surface area (Å²) in [6, 6.07) is 8.47. The monoisotopic (exact) mass is 263 g/mol. The predicted octanol–water partition coefficient (Wildman–Crippen LogP) is 3.56. The Kier molecular flexibility index (Phi) is 3.45. The summed E-state index contributed by atoms with van der Waals surface area (Å²) in [4.78, 5) is 12.1. The maximum absolute atomic E-state index is 12.8. The Labute approximate surface area is 107 Å². The molecule has 3 nitrogen and oxygen atoms in total. The van der Waals surface area contributed by atoms with Crippen LogP contribution in [0.5, 0.6) is 0 Å². The normalized spacial score (nSPS) is 11.8. The number of hydrogen-bond acceptors (Lipinski definition) is 3. The van der Waals surface area contributed by atoms with Crippen molar-refractivity contribution < 1.29 is 13.6 Å². The molecule has 0 saturated carbocycles. The van der Waals surface area contributed by atoms with Gasteiger partial charge < -0.3 is 4.42 Å². The number of Topliss-reactive ketones (excluding diaryl/α,β-unsaturated/α-hetero) is 1. The van der Waals surface area contributed by atoms with Crippen molar-refractivity contribution in [2.24, 2.45) is 0 Å². The van der Waals surface area contributed by atoms with E-state index < -0.39 is 17.5 Å². The van der Waals surface area contributed by atoms with Gasteiger partial charge in [-0.15, -0.1) is 0 Å². The molecule has 90 valence electrons. The lowest BCUT2D eigenvalue weighted by atomic mass is 9.93. The van der Waals surface area contributed by atoms with Crippen LogP contribution in [-0.2, 0) is 0 Å². The Morgan fingerprint density at radius 2 is 2.00 bits per heavy atom. The fourth-order valence-corrected chi connectivity index (χ4v) is 1.77. The number of nitrogens with zero attached hydrogens (tertiary/aromatic N) is 1. The van der Waals surface area contributed by atoms with Crippen LogP contribution in [0, 0.1) is 17.1 Å². The van der Waals surface area contributed by atoms with E-state index in [1.807, 2.05) is 6.07 Å². The van der Waals surface area contributed by atoms with Crippen LogP contribution in [0.3, 0.4) is 0 Å². The van der Waals surface area contributed by atoms with Crippen LogP contribution in [-0.4, -0.2) is 5.78 Å². The highest BCUT2D eigenvalue weighted by atomic mass is 35.5. The summed E-state index contributed by atoms with van der Waals surface area (Å²) in [5.74, 6) is -1.92. The zero-order valence-electron chi connectivity index (χ0n) is 9.06. The zero-order valence-corrected chi connectivity index (χ0v) is 9.82. The maximum Gasteiger partial charge on any atom is 0.203 e. The first-order chi connectivity index (χ1) is 8.63. The van der Waals surface area contributed by atoms with Gasteiger partial charge in [0.2, 0.25) is 5.22 Å². The van der Waals surface area contributed by atoms with Gasteiger partial charge >= 0.3 is 0 Å². The first-order valence-corrected chi connectivity index (χ1v) is 5.43. The molecule has 2 rings (SSSR count). The minimum absolute atomic E-state index is 0.0534. The molecule has 0 aliphatic heterocycles. The summed E-state index contributed by atoms with van der Waals surface area (Å²) < 4.78 is 17.6. The van der Waals surface area contributed by atoms with Gasteiger partial charge in [0.15, 0.2) is 5.78 Å². The topological polar surface area (TPSA) is 54.0 Å². The van der Waals surface area contributed by atoms with Gasteiger partial charge in [-0.1, -0.05) is 12.1 Å². The molecule has 1 aromatic carbocycles. The van der Waals surface area contributed by atoms with Crippen LogP contribution < -0.4 is 0 Å². The lowest BCUT2D eigenvalue weighted by Crippen LogP contribution is -2.10. The van der Waals surface area contributed by atoms with Gasteiger partial charge in [-0.25, -0.2) is 4.39 Å². The molecule has 1 aromatic heterocycles. The number of furan rings is 1. The molecule has 18 heavy (non-hydrogen) atoms. The molecule has 0 spiro atoms. The molecule has 2 aromatic rings. The molecule has 0 amide bonds. The van der Waals surface area contributed by atoms with E-state index in [0.717, 1.165) is 0 Å². The Balaban J connectivity index is 2.36. The Morgan fingerprint density at radius 1 is 1.33 bits per heavy atom. The number of ketones is 1. The van der Waals surface area contributed by atoms with Gasteiger partial charge in [0.1, 0.15) is 11.7 Å². The summed E-state index contributed by atoms with van der Waals surface area (Å²) >= 11 is 5.69. The minimum atomic E-state index is -1.03. The highest BCUT2D eigenvalue weighted by Crippen LogP contribution is 2.25. The second kappa shape index (κ2) is 5.03. The molecule has 0 N–H and O–H groups in total. The number of hydrogen-bond donors (Lipinski definition) is 0. The first-order valence-electron chi connectivity index (χ1n) is 5.05. The lowest BCUT2D eigenvalue weighted by molar-refractivity contribution is 0.0978. The summed E-state index contributed by atoms with van der Waals surface area (Å²) in [5, 5.41) is 9.02. The zero-order chi connectivity index (χ0) is 13.1.